The third kappa shape index (κ3) is 5.65. The van der Waals surface area contributed by atoms with Crippen LogP contribution in [0.1, 0.15) is 12.5 Å². The van der Waals surface area contributed by atoms with Crippen LogP contribution in [0.4, 0.5) is 0 Å². The highest BCUT2D eigenvalue weighted by Gasteiger charge is 2.03. The summed E-state index contributed by atoms with van der Waals surface area (Å²) in [5, 5.41) is 3.14. The molecule has 1 atom stereocenters. The van der Waals surface area contributed by atoms with Crippen LogP contribution < -0.4 is 16.6 Å². The van der Waals surface area contributed by atoms with Crippen LogP contribution in [0.25, 0.3) is 0 Å². The predicted octanol–water partition coefficient (Wildman–Crippen LogP) is 0.673. The Kier molecular flexibility index (Phi) is 6.83. The quantitative estimate of drug-likeness (QED) is 0.300. The summed E-state index contributed by atoms with van der Waals surface area (Å²) in [6.45, 7) is 3.31. The molecule has 5 heteroatoms. The smallest absolute Gasteiger partial charge is 0.206 e. The lowest BCUT2D eigenvalue weighted by atomic mass is 10.2. The monoisotopic (exact) mass is 250 g/mol. The van der Waals surface area contributed by atoms with Gasteiger partial charge in [-0.05, 0) is 18.9 Å². The van der Waals surface area contributed by atoms with Crippen molar-refractivity contribution in [2.24, 2.45) is 10.8 Å². The number of hydrazine groups is 1. The van der Waals surface area contributed by atoms with Gasteiger partial charge in [0, 0.05) is 19.7 Å². The van der Waals surface area contributed by atoms with E-state index in [1.54, 1.807) is 7.11 Å². The molecule has 0 radical (unpaired) electrons. The number of methoxy groups -OCH3 is 1. The van der Waals surface area contributed by atoms with Crippen LogP contribution in [0, 0.1) is 0 Å². The molecule has 0 amide bonds. The van der Waals surface area contributed by atoms with Crippen molar-refractivity contribution in [3.63, 3.8) is 0 Å². The first-order chi connectivity index (χ1) is 8.76. The fourth-order valence-electron chi connectivity index (χ4n) is 1.60. The maximum atomic E-state index is 5.41. The molecule has 4 N–H and O–H groups in total. The normalized spacial score (nSPS) is 13.2. The van der Waals surface area contributed by atoms with E-state index in [9.17, 15) is 0 Å². The number of aliphatic imine (C=N–C) groups is 1. The number of nitrogens with two attached hydrogens (primary N) is 1. The van der Waals surface area contributed by atoms with Crippen LogP contribution >= 0.6 is 0 Å². The van der Waals surface area contributed by atoms with Gasteiger partial charge >= 0.3 is 0 Å². The minimum absolute atomic E-state index is 0.168. The molecule has 5 nitrogen and oxygen atoms in total. The molecule has 100 valence electrons. The van der Waals surface area contributed by atoms with Crippen LogP contribution in [0.2, 0.25) is 0 Å². The van der Waals surface area contributed by atoms with Gasteiger partial charge in [-0.2, -0.15) is 0 Å². The van der Waals surface area contributed by atoms with Gasteiger partial charge in [-0.25, -0.2) is 5.84 Å². The van der Waals surface area contributed by atoms with E-state index in [1.165, 1.54) is 5.56 Å². The van der Waals surface area contributed by atoms with E-state index >= 15 is 0 Å². The second-order valence-electron chi connectivity index (χ2n) is 4.11. The first kappa shape index (κ1) is 14.5. The molecule has 0 heterocycles. The van der Waals surface area contributed by atoms with Gasteiger partial charge in [0.15, 0.2) is 0 Å². The van der Waals surface area contributed by atoms with Crippen molar-refractivity contribution in [2.75, 3.05) is 20.3 Å². The molecule has 0 aliphatic rings. The Morgan fingerprint density at radius 1 is 1.39 bits per heavy atom. The Morgan fingerprint density at radius 2 is 2.11 bits per heavy atom. The molecule has 0 saturated heterocycles. The average Bonchev–Trinajstić information content (AvgIpc) is 2.39. The van der Waals surface area contributed by atoms with Crippen molar-refractivity contribution in [1.82, 2.24) is 10.7 Å². The molecule has 1 aromatic rings. The summed E-state index contributed by atoms with van der Waals surface area (Å²) >= 11 is 0. The molecule has 0 aliphatic carbocycles. The van der Waals surface area contributed by atoms with E-state index in [2.05, 4.69) is 27.9 Å². The Balaban J connectivity index is 2.38. The van der Waals surface area contributed by atoms with Gasteiger partial charge in [-0.3, -0.25) is 10.4 Å². The van der Waals surface area contributed by atoms with E-state index in [4.69, 9.17) is 10.6 Å². The average molecular weight is 250 g/mol. The van der Waals surface area contributed by atoms with Gasteiger partial charge in [0.2, 0.25) is 5.96 Å². The largest absolute Gasteiger partial charge is 0.383 e. The highest BCUT2D eigenvalue weighted by Crippen LogP contribution is 1.99. The maximum Gasteiger partial charge on any atom is 0.206 e. The van der Waals surface area contributed by atoms with Crippen molar-refractivity contribution in [1.29, 1.82) is 0 Å². The second-order valence-corrected chi connectivity index (χ2v) is 4.11. The summed E-state index contributed by atoms with van der Waals surface area (Å²) in [7, 11) is 1.67. The number of nitrogens with one attached hydrogen (secondary N) is 2. The molecule has 0 aliphatic heterocycles. The molecular formula is C13H22N4O. The molecular weight excluding hydrogens is 228 g/mol. The topological polar surface area (TPSA) is 71.7 Å². The lowest BCUT2D eigenvalue weighted by Crippen LogP contribution is -2.47. The van der Waals surface area contributed by atoms with Crippen molar-refractivity contribution in [3.05, 3.63) is 35.9 Å². The summed E-state index contributed by atoms with van der Waals surface area (Å²) in [5.74, 6) is 6.01. The van der Waals surface area contributed by atoms with E-state index in [0.29, 0.717) is 19.1 Å². The number of hydrogen-bond donors (Lipinski definition) is 3. The standard InChI is InChI=1S/C13H22N4O/c1-11(10-18-2)16-13(17-14)15-9-8-12-6-4-3-5-7-12/h3-7,11H,8-10,14H2,1-2H3,(H2,15,16,17). The van der Waals surface area contributed by atoms with Crippen LogP contribution in [0.5, 0.6) is 0 Å². The first-order valence-corrected chi connectivity index (χ1v) is 6.06. The van der Waals surface area contributed by atoms with Gasteiger partial charge in [0.25, 0.3) is 0 Å². The SMILES string of the molecule is COCC(C)NC(=NCCc1ccccc1)NN. The molecule has 18 heavy (non-hydrogen) atoms. The number of rotatable bonds is 6. The van der Waals surface area contributed by atoms with Crippen molar-refractivity contribution >= 4 is 5.96 Å². The van der Waals surface area contributed by atoms with Crippen LogP contribution in [-0.2, 0) is 11.2 Å². The number of nitrogens with zero attached hydrogens (tertiary/aromatic N) is 1. The number of hydrogen-bond acceptors (Lipinski definition) is 3. The van der Waals surface area contributed by atoms with Crippen LogP contribution in [0.15, 0.2) is 35.3 Å². The molecule has 0 saturated carbocycles. The van der Waals surface area contributed by atoms with Gasteiger partial charge < -0.3 is 10.1 Å². The fraction of sp³-hybridized carbons (Fsp3) is 0.462. The number of benzene rings is 1. The first-order valence-electron chi connectivity index (χ1n) is 6.06. The third-order valence-electron chi connectivity index (χ3n) is 2.45. The highest BCUT2D eigenvalue weighted by molar-refractivity contribution is 5.79. The van der Waals surface area contributed by atoms with Crippen molar-refractivity contribution < 1.29 is 4.74 Å². The van der Waals surface area contributed by atoms with E-state index in [1.807, 2.05) is 25.1 Å². The highest BCUT2D eigenvalue weighted by atomic mass is 16.5. The molecule has 0 bridgehead atoms. The lowest BCUT2D eigenvalue weighted by Gasteiger charge is -2.15. The second kappa shape index (κ2) is 8.49. The predicted molar refractivity (Wildman–Crippen MR) is 74.2 cm³/mol. The van der Waals surface area contributed by atoms with Gasteiger partial charge in [0.1, 0.15) is 0 Å². The minimum atomic E-state index is 0.168. The molecule has 1 rings (SSSR count). The van der Waals surface area contributed by atoms with E-state index in [0.717, 1.165) is 6.42 Å². The zero-order valence-electron chi connectivity index (χ0n) is 11.0. The molecule has 1 aromatic carbocycles. The van der Waals surface area contributed by atoms with E-state index in [-0.39, 0.29) is 6.04 Å². The zero-order chi connectivity index (χ0) is 13.2. The van der Waals surface area contributed by atoms with Crippen LogP contribution in [-0.4, -0.2) is 32.3 Å². The van der Waals surface area contributed by atoms with Crippen molar-refractivity contribution in [2.45, 2.75) is 19.4 Å². The molecule has 1 unspecified atom stereocenters. The summed E-state index contributed by atoms with van der Waals surface area (Å²) in [5.41, 5.74) is 3.83. The van der Waals surface area contributed by atoms with Gasteiger partial charge in [-0.1, -0.05) is 30.3 Å². The molecule has 0 aromatic heterocycles. The Hall–Kier alpha value is -1.59. The molecule has 0 fully saturated rings. The van der Waals surface area contributed by atoms with Gasteiger partial charge in [0.05, 0.1) is 6.61 Å². The Labute approximate surface area is 108 Å². The Morgan fingerprint density at radius 3 is 2.72 bits per heavy atom. The third-order valence-corrected chi connectivity index (χ3v) is 2.45. The maximum absolute atomic E-state index is 5.41. The van der Waals surface area contributed by atoms with Gasteiger partial charge in [-0.15, -0.1) is 0 Å². The lowest BCUT2D eigenvalue weighted by molar-refractivity contribution is 0.179. The fourth-order valence-corrected chi connectivity index (χ4v) is 1.60. The Bertz CT molecular complexity index is 353. The number of guanidine groups is 1. The van der Waals surface area contributed by atoms with Crippen molar-refractivity contribution in [3.8, 4) is 0 Å². The summed E-state index contributed by atoms with van der Waals surface area (Å²) in [4.78, 5) is 4.37. The zero-order valence-corrected chi connectivity index (χ0v) is 11.0. The minimum Gasteiger partial charge on any atom is -0.383 e. The summed E-state index contributed by atoms with van der Waals surface area (Å²) in [6.07, 6.45) is 0.895. The number of ether oxygens (including phenoxy) is 1. The summed E-state index contributed by atoms with van der Waals surface area (Å²) in [6, 6.07) is 10.4. The molecule has 0 spiro atoms. The summed E-state index contributed by atoms with van der Waals surface area (Å²) < 4.78 is 5.04. The van der Waals surface area contributed by atoms with E-state index < -0.39 is 0 Å². The van der Waals surface area contributed by atoms with Crippen LogP contribution in [0.3, 0.4) is 0 Å².